The summed E-state index contributed by atoms with van der Waals surface area (Å²) in [6.07, 6.45) is 3.59. The highest BCUT2D eigenvalue weighted by atomic mass is 127. The number of guanidine groups is 1. The van der Waals surface area contributed by atoms with E-state index in [1.807, 2.05) is 0 Å². The number of hydrogen-bond donors (Lipinski definition) is 2. The Morgan fingerprint density at radius 3 is 3.14 bits per heavy atom. The number of hydrogen-bond acceptors (Lipinski definition) is 3. The third-order valence-electron chi connectivity index (χ3n) is 3.83. The number of nitrogens with two attached hydrogens (primary N) is 1. The summed E-state index contributed by atoms with van der Waals surface area (Å²) in [7, 11) is 0. The van der Waals surface area contributed by atoms with Gasteiger partial charge in [0.25, 0.3) is 0 Å². The summed E-state index contributed by atoms with van der Waals surface area (Å²) in [6.45, 7) is 7.50. The Kier molecular flexibility index (Phi) is 9.26. The molecular formula is C15H27IN4S. The van der Waals surface area contributed by atoms with Gasteiger partial charge < -0.3 is 16.0 Å². The van der Waals surface area contributed by atoms with E-state index < -0.39 is 0 Å². The van der Waals surface area contributed by atoms with Gasteiger partial charge in [-0.3, -0.25) is 4.99 Å². The molecule has 1 aliphatic heterocycles. The Labute approximate surface area is 149 Å². The van der Waals surface area contributed by atoms with Gasteiger partial charge in [0.2, 0.25) is 0 Å². The average Bonchev–Trinajstić information content (AvgIpc) is 2.98. The van der Waals surface area contributed by atoms with Crippen LogP contribution in [-0.2, 0) is 6.42 Å². The lowest BCUT2D eigenvalue weighted by atomic mass is 9.98. The van der Waals surface area contributed by atoms with Gasteiger partial charge in [-0.25, -0.2) is 0 Å². The van der Waals surface area contributed by atoms with Crippen LogP contribution in [0, 0.1) is 5.92 Å². The van der Waals surface area contributed by atoms with Gasteiger partial charge in [-0.2, -0.15) is 0 Å². The number of likely N-dealkylation sites (tertiary alicyclic amines) is 1. The number of rotatable bonds is 6. The fourth-order valence-corrected chi connectivity index (χ4v) is 3.35. The molecule has 1 aromatic heterocycles. The van der Waals surface area contributed by atoms with E-state index >= 15 is 0 Å². The fraction of sp³-hybridized carbons (Fsp3) is 0.667. The SMILES string of the molecule is CCN1CCCC(CN=C(N)NCCc2cccs2)C1.I. The van der Waals surface area contributed by atoms with Crippen molar-refractivity contribution in [2.75, 3.05) is 32.7 Å². The van der Waals surface area contributed by atoms with Crippen LogP contribution < -0.4 is 11.1 Å². The standard InChI is InChI=1S/C15H26N4S.HI/c1-2-19-9-3-5-13(12-19)11-18-15(16)17-8-7-14-6-4-10-20-14;/h4,6,10,13H,2-3,5,7-9,11-12H2,1H3,(H3,16,17,18);1H. The minimum Gasteiger partial charge on any atom is -0.370 e. The lowest BCUT2D eigenvalue weighted by Gasteiger charge is -2.30. The average molecular weight is 422 g/mol. The molecule has 120 valence electrons. The number of nitrogens with zero attached hydrogens (tertiary/aromatic N) is 2. The molecule has 1 atom stereocenters. The van der Waals surface area contributed by atoms with E-state index in [0.717, 1.165) is 26.1 Å². The van der Waals surface area contributed by atoms with Gasteiger partial charge in [-0.05, 0) is 49.7 Å². The smallest absolute Gasteiger partial charge is 0.188 e. The third-order valence-corrected chi connectivity index (χ3v) is 4.76. The van der Waals surface area contributed by atoms with Gasteiger partial charge in [0, 0.05) is 24.5 Å². The van der Waals surface area contributed by atoms with Crippen LogP contribution in [0.1, 0.15) is 24.6 Å². The molecule has 2 heterocycles. The summed E-state index contributed by atoms with van der Waals surface area (Å²) in [6, 6.07) is 4.24. The molecule has 1 unspecified atom stereocenters. The van der Waals surface area contributed by atoms with Gasteiger partial charge in [0.1, 0.15) is 0 Å². The topological polar surface area (TPSA) is 53.6 Å². The zero-order valence-electron chi connectivity index (χ0n) is 12.8. The van der Waals surface area contributed by atoms with Gasteiger partial charge in [-0.15, -0.1) is 35.3 Å². The van der Waals surface area contributed by atoms with Crippen molar-refractivity contribution in [2.45, 2.75) is 26.2 Å². The Morgan fingerprint density at radius 2 is 2.43 bits per heavy atom. The van der Waals surface area contributed by atoms with Crippen molar-refractivity contribution < 1.29 is 0 Å². The van der Waals surface area contributed by atoms with Crippen molar-refractivity contribution in [3.05, 3.63) is 22.4 Å². The van der Waals surface area contributed by atoms with Crippen molar-refractivity contribution in [1.29, 1.82) is 0 Å². The number of nitrogens with one attached hydrogen (secondary N) is 1. The van der Waals surface area contributed by atoms with Crippen LogP contribution in [0.5, 0.6) is 0 Å². The number of aliphatic imine (C=N–C) groups is 1. The summed E-state index contributed by atoms with van der Waals surface area (Å²) in [5.74, 6) is 1.26. The second-order valence-electron chi connectivity index (χ2n) is 5.38. The summed E-state index contributed by atoms with van der Waals surface area (Å²) in [5, 5.41) is 5.31. The Morgan fingerprint density at radius 1 is 1.57 bits per heavy atom. The monoisotopic (exact) mass is 422 g/mol. The third kappa shape index (κ3) is 6.97. The highest BCUT2D eigenvalue weighted by Gasteiger charge is 2.18. The van der Waals surface area contributed by atoms with Crippen LogP contribution >= 0.6 is 35.3 Å². The molecule has 2 rings (SSSR count). The van der Waals surface area contributed by atoms with E-state index in [2.05, 4.69) is 39.6 Å². The van der Waals surface area contributed by atoms with E-state index in [1.54, 1.807) is 11.3 Å². The first-order valence-corrected chi connectivity index (χ1v) is 8.44. The maximum Gasteiger partial charge on any atom is 0.188 e. The highest BCUT2D eigenvalue weighted by Crippen LogP contribution is 2.16. The molecule has 0 amide bonds. The largest absolute Gasteiger partial charge is 0.370 e. The lowest BCUT2D eigenvalue weighted by molar-refractivity contribution is 0.186. The molecular weight excluding hydrogens is 395 g/mol. The highest BCUT2D eigenvalue weighted by molar-refractivity contribution is 14.0. The quantitative estimate of drug-likeness (QED) is 0.421. The summed E-state index contributed by atoms with van der Waals surface area (Å²) in [5.41, 5.74) is 5.93. The van der Waals surface area contributed by atoms with Gasteiger partial charge in [0.05, 0.1) is 0 Å². The Bertz CT molecular complexity index is 408. The van der Waals surface area contributed by atoms with E-state index in [4.69, 9.17) is 5.73 Å². The zero-order valence-corrected chi connectivity index (χ0v) is 15.9. The van der Waals surface area contributed by atoms with Crippen LogP contribution in [-0.4, -0.2) is 43.6 Å². The number of thiophene rings is 1. The second-order valence-corrected chi connectivity index (χ2v) is 6.42. The molecule has 6 heteroatoms. The molecule has 0 aromatic carbocycles. The van der Waals surface area contributed by atoms with Crippen molar-refractivity contribution >= 4 is 41.3 Å². The van der Waals surface area contributed by atoms with Gasteiger partial charge >= 0.3 is 0 Å². The molecule has 1 aliphatic rings. The molecule has 4 nitrogen and oxygen atoms in total. The van der Waals surface area contributed by atoms with Crippen molar-refractivity contribution in [3.63, 3.8) is 0 Å². The van der Waals surface area contributed by atoms with Crippen LogP contribution in [0.25, 0.3) is 0 Å². The predicted octanol–water partition coefficient (Wildman–Crippen LogP) is 2.54. The van der Waals surface area contributed by atoms with Gasteiger partial charge in [0.15, 0.2) is 5.96 Å². The molecule has 0 aliphatic carbocycles. The molecule has 0 saturated carbocycles. The van der Waals surface area contributed by atoms with Crippen molar-refractivity contribution in [3.8, 4) is 0 Å². The predicted molar refractivity (Wildman–Crippen MR) is 103 cm³/mol. The molecule has 0 spiro atoms. The zero-order chi connectivity index (χ0) is 14.2. The van der Waals surface area contributed by atoms with E-state index in [0.29, 0.717) is 11.9 Å². The van der Waals surface area contributed by atoms with E-state index in [1.165, 1.54) is 30.8 Å². The number of piperidine rings is 1. The first-order valence-electron chi connectivity index (χ1n) is 7.56. The van der Waals surface area contributed by atoms with Gasteiger partial charge in [-0.1, -0.05) is 13.0 Å². The summed E-state index contributed by atoms with van der Waals surface area (Å²) < 4.78 is 0. The summed E-state index contributed by atoms with van der Waals surface area (Å²) >= 11 is 1.79. The normalized spacial score (nSPS) is 20.0. The molecule has 1 saturated heterocycles. The van der Waals surface area contributed by atoms with E-state index in [9.17, 15) is 0 Å². The van der Waals surface area contributed by atoms with Crippen LogP contribution in [0.4, 0.5) is 0 Å². The Hall–Kier alpha value is -0.340. The first-order chi connectivity index (χ1) is 9.78. The lowest BCUT2D eigenvalue weighted by Crippen LogP contribution is -2.38. The Balaban J connectivity index is 0.00000220. The molecule has 1 fully saturated rings. The van der Waals surface area contributed by atoms with Crippen molar-refractivity contribution in [2.24, 2.45) is 16.6 Å². The first kappa shape index (κ1) is 18.7. The molecule has 3 N–H and O–H groups in total. The second kappa shape index (κ2) is 10.4. The summed E-state index contributed by atoms with van der Waals surface area (Å²) in [4.78, 5) is 8.38. The van der Waals surface area contributed by atoms with Crippen LogP contribution in [0.15, 0.2) is 22.5 Å². The molecule has 21 heavy (non-hydrogen) atoms. The maximum atomic E-state index is 5.93. The number of halogens is 1. The maximum absolute atomic E-state index is 5.93. The minimum absolute atomic E-state index is 0. The molecule has 0 bridgehead atoms. The van der Waals surface area contributed by atoms with Crippen LogP contribution in [0.2, 0.25) is 0 Å². The fourth-order valence-electron chi connectivity index (χ4n) is 2.64. The molecule has 0 radical (unpaired) electrons. The molecule has 1 aromatic rings. The van der Waals surface area contributed by atoms with Crippen LogP contribution in [0.3, 0.4) is 0 Å². The van der Waals surface area contributed by atoms with Crippen molar-refractivity contribution in [1.82, 2.24) is 10.2 Å². The minimum atomic E-state index is 0. The van der Waals surface area contributed by atoms with E-state index in [-0.39, 0.29) is 24.0 Å².